The van der Waals surface area contributed by atoms with Crippen LogP contribution in [0.2, 0.25) is 0 Å². The van der Waals surface area contributed by atoms with Crippen LogP contribution in [0.1, 0.15) is 6.92 Å². The molecule has 0 fully saturated rings. The van der Waals surface area contributed by atoms with Gasteiger partial charge in [-0.25, -0.2) is 6.07 Å². The Morgan fingerprint density at radius 2 is 1.74 bits per heavy atom. The summed E-state index contributed by atoms with van der Waals surface area (Å²) in [5, 5.41) is 11.0. The summed E-state index contributed by atoms with van der Waals surface area (Å²) in [5.41, 5.74) is 0. The minimum atomic E-state index is 0. The maximum Gasteiger partial charge on any atom is 0.108 e. The van der Waals surface area contributed by atoms with E-state index >= 15 is 0 Å². The van der Waals surface area contributed by atoms with E-state index in [2.05, 4.69) is 46.2 Å². The van der Waals surface area contributed by atoms with E-state index in [-0.39, 0.29) is 31.4 Å². The van der Waals surface area contributed by atoms with Crippen LogP contribution in [0.25, 0.3) is 10.8 Å². The monoisotopic (exact) mass is 428 g/mol. The molecule has 0 heterocycles. The van der Waals surface area contributed by atoms with Gasteiger partial charge in [0, 0.05) is 5.75 Å². The molecule has 0 aliphatic heterocycles. The van der Waals surface area contributed by atoms with Crippen molar-refractivity contribution in [3.8, 4) is 5.75 Å². The molecule has 0 aliphatic rings. The second kappa shape index (κ2) is 16.1. The molecule has 0 bridgehead atoms. The van der Waals surface area contributed by atoms with Crippen molar-refractivity contribution in [3.63, 3.8) is 0 Å². The van der Waals surface area contributed by atoms with Crippen LogP contribution in [-0.2, 0) is 24.2 Å². The zero-order chi connectivity index (χ0) is 15.3. The van der Waals surface area contributed by atoms with Crippen molar-refractivity contribution in [3.05, 3.63) is 66.7 Å². The van der Waals surface area contributed by atoms with E-state index in [1.807, 2.05) is 31.2 Å². The summed E-state index contributed by atoms with van der Waals surface area (Å²) >= 11 is 1.51. The first-order chi connectivity index (χ1) is 10.3. The standard InChI is InChI=1S/C9H7.C7H9O2.C2H4.2ClH.Zr/c1-2-5-9-7-3-6-8(9)4-1;8-5-6-9-7-3-1-2-4-7;1-2;;;/h1-7H;1-4,8H,5-6H2;1H,2H3;2*1H;/q2*-1;;;;+2/p-2. The van der Waals surface area contributed by atoms with Crippen molar-refractivity contribution < 1.29 is 58.9 Å². The molecule has 0 unspecified atom stereocenters. The Bertz CT molecular complexity index is 576. The first kappa shape index (κ1) is 24.5. The molecule has 0 radical (unpaired) electrons. The maximum absolute atomic E-state index is 8.34. The Balaban J connectivity index is 0. The largest absolute Gasteiger partial charge is 1.00 e. The topological polar surface area (TPSA) is 29.5 Å². The number of benzene rings is 1. The summed E-state index contributed by atoms with van der Waals surface area (Å²) in [7, 11) is 0. The predicted molar refractivity (Wildman–Crippen MR) is 85.9 cm³/mol. The molecule has 0 aliphatic carbocycles. The van der Waals surface area contributed by atoms with Gasteiger partial charge in [0.1, 0.15) is 6.61 Å². The van der Waals surface area contributed by atoms with Crippen molar-refractivity contribution in [2.24, 2.45) is 0 Å². The Labute approximate surface area is 165 Å². The summed E-state index contributed by atoms with van der Waals surface area (Å²) < 4.78 is 7.14. The Kier molecular flexibility index (Phi) is 17.2. The van der Waals surface area contributed by atoms with Crippen LogP contribution in [0.4, 0.5) is 0 Å². The zero-order valence-corrected chi connectivity index (χ0v) is 16.9. The van der Waals surface area contributed by atoms with Crippen LogP contribution in [0.3, 0.4) is 0 Å². The Morgan fingerprint density at radius 1 is 1.04 bits per heavy atom. The van der Waals surface area contributed by atoms with Crippen LogP contribution < -0.4 is 29.6 Å². The zero-order valence-electron chi connectivity index (χ0n) is 13.0. The Hall–Kier alpha value is -0.727. The van der Waals surface area contributed by atoms with E-state index in [0.29, 0.717) is 6.61 Å². The molecule has 3 aromatic carbocycles. The van der Waals surface area contributed by atoms with E-state index in [1.165, 1.54) is 35.0 Å². The Morgan fingerprint density at radius 3 is 2.30 bits per heavy atom. The van der Waals surface area contributed by atoms with Gasteiger partial charge in [0.05, 0.1) is 6.61 Å². The normalized spacial score (nSPS) is 8.35. The van der Waals surface area contributed by atoms with E-state index in [9.17, 15) is 0 Å². The number of hydrogen-bond donors (Lipinski definition) is 1. The van der Waals surface area contributed by atoms with Crippen molar-refractivity contribution in [2.45, 2.75) is 6.92 Å². The van der Waals surface area contributed by atoms with Gasteiger partial charge in [-0.3, -0.25) is 0 Å². The van der Waals surface area contributed by atoms with Gasteiger partial charge in [-0.15, -0.1) is 35.7 Å². The van der Waals surface area contributed by atoms with Gasteiger partial charge in [-0.05, 0) is 0 Å². The molecule has 0 atom stereocenters. The molecule has 0 saturated heterocycles. The molecule has 0 saturated carbocycles. The number of fused-ring (bicyclic) bond motifs is 1. The third-order valence-corrected chi connectivity index (χ3v) is 2.54. The summed E-state index contributed by atoms with van der Waals surface area (Å²) in [5.74, 6) is 0.823. The number of aliphatic hydroxyl groups excluding tert-OH is 1. The fourth-order valence-corrected chi connectivity index (χ4v) is 1.69. The number of rotatable bonds is 3. The number of aliphatic hydroxyl groups is 1. The average Bonchev–Trinajstić information content (AvgIpc) is 3.18. The molecule has 23 heavy (non-hydrogen) atoms. The van der Waals surface area contributed by atoms with Gasteiger partial charge >= 0.3 is 34.9 Å². The first-order valence-corrected chi connectivity index (χ1v) is 8.24. The van der Waals surface area contributed by atoms with E-state index in [1.54, 1.807) is 0 Å². The van der Waals surface area contributed by atoms with Gasteiger partial charge in [-0.2, -0.15) is 29.7 Å². The second-order valence-corrected chi connectivity index (χ2v) is 5.56. The van der Waals surface area contributed by atoms with Gasteiger partial charge < -0.3 is 34.7 Å². The maximum atomic E-state index is 8.34. The summed E-state index contributed by atoms with van der Waals surface area (Å²) in [6, 6.07) is 22.2. The molecule has 2 nitrogen and oxygen atoms in total. The molecule has 1 N–H and O–H groups in total. The minimum Gasteiger partial charge on any atom is -1.00 e. The van der Waals surface area contributed by atoms with Crippen LogP contribution in [0, 0.1) is 0 Å². The molecule has 0 amide bonds. The molecular formula is C18H20Cl2O2Zr-2. The van der Waals surface area contributed by atoms with Crippen molar-refractivity contribution >= 4 is 14.5 Å². The van der Waals surface area contributed by atoms with Crippen LogP contribution in [0.5, 0.6) is 5.75 Å². The van der Waals surface area contributed by atoms with Crippen LogP contribution in [0.15, 0.2) is 66.7 Å². The predicted octanol–water partition coefficient (Wildman–Crippen LogP) is -2.30. The average molecular weight is 430 g/mol. The van der Waals surface area contributed by atoms with Crippen LogP contribution >= 0.6 is 0 Å². The van der Waals surface area contributed by atoms with E-state index in [0.717, 1.165) is 5.75 Å². The smallest absolute Gasteiger partial charge is 0.108 e. The van der Waals surface area contributed by atoms with Crippen molar-refractivity contribution in [1.82, 2.24) is 0 Å². The van der Waals surface area contributed by atoms with Gasteiger partial charge in [0.25, 0.3) is 0 Å². The van der Waals surface area contributed by atoms with E-state index < -0.39 is 0 Å². The molecule has 5 heteroatoms. The van der Waals surface area contributed by atoms with Gasteiger partial charge in [0.2, 0.25) is 0 Å². The van der Waals surface area contributed by atoms with Crippen molar-refractivity contribution in [1.29, 1.82) is 0 Å². The fourth-order valence-electron chi connectivity index (χ4n) is 1.69. The third kappa shape index (κ3) is 10.6. The molecular weight excluding hydrogens is 410 g/mol. The van der Waals surface area contributed by atoms with Gasteiger partial charge in [0.15, 0.2) is 0 Å². The number of halogens is 2. The fraction of sp³-hybridized carbons (Fsp3) is 0.167. The SMILES string of the molecule is C[CH]=[Zr+2].OCCOc1ccc[cH-]1.[Cl-].[Cl-].c1ccc2[cH-]ccc2c1. The minimum absolute atomic E-state index is 0. The first-order valence-electron chi connectivity index (χ1n) is 6.82. The quantitative estimate of drug-likeness (QED) is 0.474. The molecule has 3 rings (SSSR count). The summed E-state index contributed by atoms with van der Waals surface area (Å²) in [6.07, 6.45) is 0. The second-order valence-electron chi connectivity index (χ2n) is 4.14. The summed E-state index contributed by atoms with van der Waals surface area (Å²) in [6.45, 7) is 2.49. The summed E-state index contributed by atoms with van der Waals surface area (Å²) in [4.78, 5) is 0. The molecule has 0 spiro atoms. The number of hydrogen-bond acceptors (Lipinski definition) is 2. The molecule has 124 valence electrons. The number of ether oxygens (including phenoxy) is 1. The molecule has 0 aromatic heterocycles. The third-order valence-electron chi connectivity index (χ3n) is 2.54. The molecule has 3 aromatic rings. The van der Waals surface area contributed by atoms with Crippen molar-refractivity contribution in [2.75, 3.05) is 13.2 Å². The van der Waals surface area contributed by atoms with Crippen LogP contribution in [-0.4, -0.2) is 22.0 Å². The van der Waals surface area contributed by atoms with E-state index in [4.69, 9.17) is 9.84 Å². The van der Waals surface area contributed by atoms with Gasteiger partial charge in [-0.1, -0.05) is 6.07 Å².